The van der Waals surface area contributed by atoms with Crippen molar-refractivity contribution in [1.82, 2.24) is 10.2 Å². The van der Waals surface area contributed by atoms with E-state index in [1.165, 1.54) is 0 Å². The Hall–Kier alpha value is -4.41. The predicted molar refractivity (Wildman–Crippen MR) is 241 cm³/mol. The van der Waals surface area contributed by atoms with Crippen LogP contribution in [-0.4, -0.2) is 91.0 Å². The van der Waals surface area contributed by atoms with E-state index in [1.807, 2.05) is 118 Å². The molecule has 12 nitrogen and oxygen atoms in total. The molecule has 7 rings (SSSR count). The van der Waals surface area contributed by atoms with E-state index in [-0.39, 0.29) is 50.4 Å². The van der Waals surface area contributed by atoms with E-state index in [2.05, 4.69) is 21.2 Å². The molecule has 3 aliphatic heterocycles. The summed E-state index contributed by atoms with van der Waals surface area (Å²) in [6, 6.07) is 28.3. The summed E-state index contributed by atoms with van der Waals surface area (Å²) in [6.07, 6.45) is 1.05. The SMILES string of the molecule is CCOc1ccc2c(c1)CC(NCCCCO)C(=O)N2c1cccc(CN2C(=O)[C@@]3(O[C@@H](CC(=O)N(CCO)Cc4ccccc4)[C@H]([Si](C)(C)O)[C@H]3C)c3cc(Br)ccc32)c1. The lowest BCUT2D eigenvalue weighted by molar-refractivity contribution is -0.150. The quantitative estimate of drug-likeness (QED) is 0.0683. The first kappa shape index (κ1) is 44.6. The number of nitrogens with one attached hydrogen (secondary N) is 1. The summed E-state index contributed by atoms with van der Waals surface area (Å²) < 4.78 is 13.6. The highest BCUT2D eigenvalue weighted by molar-refractivity contribution is 9.10. The van der Waals surface area contributed by atoms with Crippen LogP contribution < -0.4 is 19.9 Å². The van der Waals surface area contributed by atoms with E-state index < -0.39 is 37.5 Å². The topological polar surface area (TPSA) is 152 Å². The standard InChI is InChI=1S/C47H57BrN4O8Si/c1-5-59-37-17-19-40-34(25-37)26-39(49-20-9-10-22-53)45(56)52(40)36-15-11-14-33(24-36)30-51-41-18-16-35(48)27-38(41)47(46(51)57)31(2)44(61(3,4)58)42(60-47)28-43(55)50(21-23-54)29-32-12-7-6-8-13-32/h6-8,11-19,24-25,27,31,39,42,44,49,53-54,58H,5,9-10,20-23,26,28-30H2,1-4H3/t31-,39?,42+,44-,47+/m1/s1. The molecule has 4 N–H and O–H groups in total. The van der Waals surface area contributed by atoms with Crippen LogP contribution in [0.2, 0.25) is 18.6 Å². The highest BCUT2D eigenvalue weighted by Gasteiger charge is 2.66. The molecular weight excluding hydrogens is 857 g/mol. The van der Waals surface area contributed by atoms with Gasteiger partial charge in [0.1, 0.15) is 5.75 Å². The van der Waals surface area contributed by atoms with Gasteiger partial charge < -0.3 is 39.6 Å². The molecule has 1 unspecified atom stereocenters. The number of nitrogens with zero attached hydrogens (tertiary/aromatic N) is 3. The zero-order valence-corrected chi connectivity index (χ0v) is 37.9. The average molecular weight is 914 g/mol. The number of rotatable bonds is 17. The molecule has 1 spiro atoms. The highest BCUT2D eigenvalue weighted by atomic mass is 79.9. The summed E-state index contributed by atoms with van der Waals surface area (Å²) in [4.78, 5) is 60.6. The molecule has 14 heteroatoms. The molecule has 0 radical (unpaired) electrons. The Balaban J connectivity index is 1.20. The molecule has 0 aliphatic carbocycles. The van der Waals surface area contributed by atoms with E-state index in [9.17, 15) is 24.6 Å². The summed E-state index contributed by atoms with van der Waals surface area (Å²) in [7, 11) is -3.08. The van der Waals surface area contributed by atoms with Crippen molar-refractivity contribution in [3.8, 4) is 5.75 Å². The third kappa shape index (κ3) is 9.08. The van der Waals surface area contributed by atoms with Gasteiger partial charge in [-0.15, -0.1) is 0 Å². The maximum atomic E-state index is 15.3. The fourth-order valence-corrected chi connectivity index (χ4v) is 12.5. The van der Waals surface area contributed by atoms with Gasteiger partial charge in [0.15, 0.2) is 13.9 Å². The molecule has 3 amide bonds. The second kappa shape index (κ2) is 18.9. The lowest BCUT2D eigenvalue weighted by Gasteiger charge is -2.35. The molecule has 5 atom stereocenters. The Bertz CT molecular complexity index is 2220. The number of amides is 3. The molecule has 0 aromatic heterocycles. The van der Waals surface area contributed by atoms with Crippen LogP contribution in [0.4, 0.5) is 17.1 Å². The molecule has 4 aromatic rings. The first-order valence-electron chi connectivity index (χ1n) is 21.3. The lowest BCUT2D eigenvalue weighted by Crippen LogP contribution is -2.49. The second-order valence-corrected chi connectivity index (χ2v) is 21.7. The molecular formula is C47H57BrN4O8Si. The first-order chi connectivity index (χ1) is 29.3. The number of hydrogen-bond donors (Lipinski definition) is 4. The number of carbonyl (C=O) groups is 3. The highest BCUT2D eigenvalue weighted by Crippen LogP contribution is 2.60. The number of hydrogen-bond acceptors (Lipinski definition) is 9. The van der Waals surface area contributed by atoms with Gasteiger partial charge in [0.2, 0.25) is 11.8 Å². The van der Waals surface area contributed by atoms with Gasteiger partial charge in [0.25, 0.3) is 5.91 Å². The molecule has 61 heavy (non-hydrogen) atoms. The monoisotopic (exact) mass is 912 g/mol. The van der Waals surface area contributed by atoms with Crippen molar-refractivity contribution < 1.29 is 38.9 Å². The van der Waals surface area contributed by atoms with Crippen LogP contribution in [0.3, 0.4) is 0 Å². The van der Waals surface area contributed by atoms with Gasteiger partial charge in [0.05, 0.1) is 49.7 Å². The normalized spacial score (nSPS) is 22.2. The van der Waals surface area contributed by atoms with Crippen molar-refractivity contribution in [3.05, 3.63) is 118 Å². The summed E-state index contributed by atoms with van der Waals surface area (Å²) in [5, 5.41) is 22.7. The van der Waals surface area contributed by atoms with Gasteiger partial charge in [0, 0.05) is 46.9 Å². The molecule has 1 saturated heterocycles. The molecule has 0 saturated carbocycles. The van der Waals surface area contributed by atoms with Gasteiger partial charge in [-0.2, -0.15) is 0 Å². The van der Waals surface area contributed by atoms with Crippen molar-refractivity contribution >= 4 is 59.0 Å². The van der Waals surface area contributed by atoms with E-state index in [0.29, 0.717) is 49.5 Å². The van der Waals surface area contributed by atoms with Crippen molar-refractivity contribution in [2.45, 2.75) is 89.0 Å². The molecule has 4 aromatic carbocycles. The summed E-state index contributed by atoms with van der Waals surface area (Å²) in [5.41, 5.74) is 3.51. The maximum absolute atomic E-state index is 15.3. The molecule has 3 heterocycles. The number of aliphatic hydroxyl groups is 2. The molecule has 0 bridgehead atoms. The van der Waals surface area contributed by atoms with Crippen molar-refractivity contribution in [2.75, 3.05) is 42.7 Å². The summed E-state index contributed by atoms with van der Waals surface area (Å²) >= 11 is 3.64. The zero-order chi connectivity index (χ0) is 43.5. The van der Waals surface area contributed by atoms with E-state index in [1.54, 1.807) is 14.7 Å². The van der Waals surface area contributed by atoms with Gasteiger partial charge >= 0.3 is 0 Å². The van der Waals surface area contributed by atoms with Crippen molar-refractivity contribution in [1.29, 1.82) is 0 Å². The number of benzene rings is 4. The number of unbranched alkanes of at least 4 members (excludes halogenated alkanes) is 1. The number of aliphatic hydroxyl groups excluding tert-OH is 2. The van der Waals surface area contributed by atoms with Gasteiger partial charge in [-0.25, -0.2) is 0 Å². The largest absolute Gasteiger partial charge is 0.494 e. The molecule has 324 valence electrons. The average Bonchev–Trinajstić information content (AvgIpc) is 3.65. The third-order valence-electron chi connectivity index (χ3n) is 12.3. The lowest BCUT2D eigenvalue weighted by atomic mass is 9.82. The Morgan fingerprint density at radius 2 is 1.72 bits per heavy atom. The molecule has 3 aliphatic rings. The van der Waals surface area contributed by atoms with Crippen LogP contribution in [0, 0.1) is 5.92 Å². The van der Waals surface area contributed by atoms with Crippen LogP contribution in [0.1, 0.15) is 55.4 Å². The molecule has 1 fully saturated rings. The Labute approximate surface area is 367 Å². The van der Waals surface area contributed by atoms with Gasteiger partial charge in [-0.3, -0.25) is 19.3 Å². The number of ether oxygens (including phenoxy) is 2. The minimum absolute atomic E-state index is 0.0616. The van der Waals surface area contributed by atoms with Gasteiger partial charge in [-0.05, 0) is 111 Å². The number of carbonyl (C=O) groups excluding carboxylic acids is 3. The van der Waals surface area contributed by atoms with Crippen molar-refractivity contribution in [3.63, 3.8) is 0 Å². The number of anilines is 3. The maximum Gasteiger partial charge on any atom is 0.264 e. The van der Waals surface area contributed by atoms with Crippen LogP contribution in [0.15, 0.2) is 95.5 Å². The summed E-state index contributed by atoms with van der Waals surface area (Å²) in [5.74, 6) is -0.354. The smallest absolute Gasteiger partial charge is 0.264 e. The van der Waals surface area contributed by atoms with Crippen molar-refractivity contribution in [2.24, 2.45) is 5.92 Å². The minimum atomic E-state index is -3.08. The van der Waals surface area contributed by atoms with E-state index >= 15 is 4.79 Å². The Morgan fingerprint density at radius 1 is 0.967 bits per heavy atom. The van der Waals surface area contributed by atoms with Crippen LogP contribution in [-0.2, 0) is 44.2 Å². The van der Waals surface area contributed by atoms with Crippen LogP contribution in [0.25, 0.3) is 0 Å². The van der Waals surface area contributed by atoms with E-state index in [4.69, 9.17) is 9.47 Å². The van der Waals surface area contributed by atoms with Gasteiger partial charge in [-0.1, -0.05) is 65.3 Å². The number of halogens is 1. The Morgan fingerprint density at radius 3 is 2.44 bits per heavy atom. The predicted octanol–water partition coefficient (Wildman–Crippen LogP) is 6.56. The third-order valence-corrected chi connectivity index (χ3v) is 15.3. The first-order valence-corrected chi connectivity index (χ1v) is 25.1. The number of fused-ring (bicyclic) bond motifs is 3. The fraction of sp³-hybridized carbons (Fsp3) is 0.426. The Kier molecular flexibility index (Phi) is 13.8. The fourth-order valence-electron chi connectivity index (χ4n) is 9.62. The zero-order valence-electron chi connectivity index (χ0n) is 35.4. The minimum Gasteiger partial charge on any atom is -0.494 e. The second-order valence-electron chi connectivity index (χ2n) is 16.9. The summed E-state index contributed by atoms with van der Waals surface area (Å²) in [6.45, 7) is 9.16. The van der Waals surface area contributed by atoms with E-state index in [0.717, 1.165) is 39.0 Å². The van der Waals surface area contributed by atoms with Crippen LogP contribution >= 0.6 is 15.9 Å². The van der Waals surface area contributed by atoms with Crippen LogP contribution in [0.5, 0.6) is 5.75 Å².